The van der Waals surface area contributed by atoms with Crippen LogP contribution < -0.4 is 0 Å². The van der Waals surface area contributed by atoms with Crippen molar-refractivity contribution in [1.82, 2.24) is 4.90 Å². The van der Waals surface area contributed by atoms with E-state index < -0.39 is 9.85 Å². The van der Waals surface area contributed by atoms with Crippen molar-refractivity contribution in [1.29, 1.82) is 0 Å². The zero-order valence-corrected chi connectivity index (χ0v) is 9.27. The third-order valence-electron chi connectivity index (χ3n) is 1.46. The predicted molar refractivity (Wildman–Crippen MR) is 59.5 cm³/mol. The van der Waals surface area contributed by atoms with Gasteiger partial charge in [-0.1, -0.05) is 0 Å². The van der Waals surface area contributed by atoms with E-state index in [-0.39, 0.29) is 11.4 Å². The first kappa shape index (κ1) is 14.5. The summed E-state index contributed by atoms with van der Waals surface area (Å²) < 4.78 is 0. The Hall–Kier alpha value is -2.51. The van der Waals surface area contributed by atoms with Crippen LogP contribution in [0.4, 0.5) is 11.4 Å². The Kier molecular flexibility index (Phi) is 5.86. The Morgan fingerprint density at radius 3 is 1.71 bits per heavy atom. The smallest absolute Gasteiger partial charge is 0.276 e. The minimum absolute atomic E-state index is 0.274. The molecule has 0 spiro atoms. The third kappa shape index (κ3) is 5.82. The molecule has 0 unspecified atom stereocenters. The van der Waals surface area contributed by atoms with Crippen molar-refractivity contribution >= 4 is 17.8 Å². The second kappa shape index (κ2) is 6.88. The number of non-ortho nitro benzene ring substituents is 2. The molecular formula is C9H11N3O5. The van der Waals surface area contributed by atoms with E-state index in [2.05, 4.69) is 0 Å². The number of nitrogens with zero attached hydrogens (tertiary/aromatic N) is 3. The van der Waals surface area contributed by atoms with E-state index in [1.807, 2.05) is 0 Å². The maximum Gasteiger partial charge on any atom is 0.276 e. The molecule has 92 valence electrons. The fraction of sp³-hybridized carbons (Fsp3) is 0.222. The van der Waals surface area contributed by atoms with Crippen LogP contribution in [0, 0.1) is 20.2 Å². The van der Waals surface area contributed by atoms with Crippen molar-refractivity contribution in [2.45, 2.75) is 0 Å². The number of hydrogen-bond donors (Lipinski definition) is 0. The van der Waals surface area contributed by atoms with Gasteiger partial charge >= 0.3 is 0 Å². The quantitative estimate of drug-likeness (QED) is 0.449. The monoisotopic (exact) mass is 241 g/mol. The molecule has 0 aliphatic heterocycles. The molecule has 0 N–H and O–H groups in total. The van der Waals surface area contributed by atoms with Crippen LogP contribution >= 0.6 is 0 Å². The van der Waals surface area contributed by atoms with Gasteiger partial charge in [0.1, 0.15) is 0 Å². The lowest BCUT2D eigenvalue weighted by Gasteiger charge is -1.93. The molecule has 8 nitrogen and oxygen atoms in total. The molecule has 0 bridgehead atoms. The van der Waals surface area contributed by atoms with E-state index in [0.29, 0.717) is 0 Å². The van der Waals surface area contributed by atoms with Gasteiger partial charge in [0.2, 0.25) is 6.41 Å². The largest absolute Gasteiger partial charge is 0.351 e. The second-order valence-electron chi connectivity index (χ2n) is 3.10. The van der Waals surface area contributed by atoms with Gasteiger partial charge in [-0.15, -0.1) is 0 Å². The highest BCUT2D eigenvalue weighted by molar-refractivity contribution is 5.45. The summed E-state index contributed by atoms with van der Waals surface area (Å²) in [5.74, 6) is 0. The molecule has 0 fully saturated rings. The molecule has 0 aliphatic carbocycles. The first-order valence-electron chi connectivity index (χ1n) is 4.39. The summed E-state index contributed by atoms with van der Waals surface area (Å²) in [4.78, 5) is 29.8. The van der Waals surface area contributed by atoms with Crippen LogP contribution in [0.15, 0.2) is 24.3 Å². The molecule has 17 heavy (non-hydrogen) atoms. The topological polar surface area (TPSA) is 107 Å². The molecule has 0 radical (unpaired) electrons. The van der Waals surface area contributed by atoms with Crippen LogP contribution in [0.5, 0.6) is 0 Å². The zero-order chi connectivity index (χ0) is 13.4. The number of benzene rings is 1. The minimum Gasteiger partial charge on any atom is -0.351 e. The molecule has 1 rings (SSSR count). The zero-order valence-electron chi connectivity index (χ0n) is 9.27. The molecule has 8 heteroatoms. The summed E-state index contributed by atoms with van der Waals surface area (Å²) >= 11 is 0. The lowest BCUT2D eigenvalue weighted by molar-refractivity contribution is -0.394. The van der Waals surface area contributed by atoms with E-state index in [1.165, 1.54) is 23.1 Å². The van der Waals surface area contributed by atoms with Gasteiger partial charge in [0.05, 0.1) is 15.9 Å². The minimum atomic E-state index is -0.674. The molecule has 0 atom stereocenters. The summed E-state index contributed by atoms with van der Waals surface area (Å²) in [6.45, 7) is 0. The number of carbonyl (C=O) groups excluding carboxylic acids is 1. The lowest BCUT2D eigenvalue weighted by Crippen LogP contribution is -2.06. The van der Waals surface area contributed by atoms with E-state index in [1.54, 1.807) is 14.1 Å². The number of nitro groups is 2. The molecule has 0 saturated carbocycles. The summed E-state index contributed by atoms with van der Waals surface area (Å²) in [5.41, 5.74) is -0.548. The SMILES string of the molecule is CN(C)C=O.O=[N+]([O-])c1cccc([N+](=O)[O-])c1. The van der Waals surface area contributed by atoms with Crippen LogP contribution in [0.1, 0.15) is 0 Å². The Labute approximate surface area is 96.8 Å². The molecular weight excluding hydrogens is 230 g/mol. The number of amides is 1. The van der Waals surface area contributed by atoms with E-state index in [9.17, 15) is 25.0 Å². The maximum absolute atomic E-state index is 10.2. The molecule has 0 aromatic heterocycles. The Balaban J connectivity index is 0.000000437. The van der Waals surface area contributed by atoms with Crippen molar-refractivity contribution in [2.75, 3.05) is 14.1 Å². The predicted octanol–water partition coefficient (Wildman–Crippen LogP) is 1.21. The summed E-state index contributed by atoms with van der Waals surface area (Å²) in [6, 6.07) is 4.59. The third-order valence-corrected chi connectivity index (χ3v) is 1.46. The van der Waals surface area contributed by atoms with Crippen LogP contribution in [-0.4, -0.2) is 35.3 Å². The summed E-state index contributed by atoms with van der Waals surface area (Å²) in [6.07, 6.45) is 0.750. The maximum atomic E-state index is 10.2. The van der Waals surface area contributed by atoms with Gasteiger partial charge < -0.3 is 4.90 Å². The van der Waals surface area contributed by atoms with E-state index in [4.69, 9.17) is 0 Å². The fourth-order valence-corrected chi connectivity index (χ4v) is 0.720. The highest BCUT2D eigenvalue weighted by Crippen LogP contribution is 2.18. The molecule has 0 saturated heterocycles. The van der Waals surface area contributed by atoms with Gasteiger partial charge in [0, 0.05) is 26.2 Å². The van der Waals surface area contributed by atoms with Crippen molar-refractivity contribution < 1.29 is 14.6 Å². The highest BCUT2D eigenvalue weighted by atomic mass is 16.6. The van der Waals surface area contributed by atoms with Crippen LogP contribution in [0.25, 0.3) is 0 Å². The highest BCUT2D eigenvalue weighted by Gasteiger charge is 2.11. The van der Waals surface area contributed by atoms with Crippen molar-refractivity contribution in [2.24, 2.45) is 0 Å². The van der Waals surface area contributed by atoms with Gasteiger partial charge in [-0.25, -0.2) is 0 Å². The van der Waals surface area contributed by atoms with E-state index in [0.717, 1.165) is 12.5 Å². The number of nitro benzene ring substituents is 2. The number of rotatable bonds is 3. The molecule has 0 heterocycles. The first-order valence-corrected chi connectivity index (χ1v) is 4.39. The van der Waals surface area contributed by atoms with Crippen molar-refractivity contribution in [3.8, 4) is 0 Å². The van der Waals surface area contributed by atoms with Gasteiger partial charge in [0.15, 0.2) is 0 Å². The van der Waals surface area contributed by atoms with Gasteiger partial charge in [-0.05, 0) is 6.07 Å². The van der Waals surface area contributed by atoms with Crippen LogP contribution in [-0.2, 0) is 4.79 Å². The summed E-state index contributed by atoms with van der Waals surface area (Å²) in [5, 5.41) is 20.3. The first-order chi connectivity index (χ1) is 7.88. The van der Waals surface area contributed by atoms with Crippen molar-refractivity contribution in [3.05, 3.63) is 44.5 Å². The Bertz CT molecular complexity index is 390. The van der Waals surface area contributed by atoms with Gasteiger partial charge in [0.25, 0.3) is 11.4 Å². The Morgan fingerprint density at radius 2 is 1.47 bits per heavy atom. The normalized spacial score (nSPS) is 8.59. The van der Waals surface area contributed by atoms with Crippen molar-refractivity contribution in [3.63, 3.8) is 0 Å². The second-order valence-corrected chi connectivity index (χ2v) is 3.10. The standard InChI is InChI=1S/C6H4N2O4.C3H7NO/c9-7(10)5-2-1-3-6(4-5)8(11)12;1-4(2)3-5/h1-4H;3H,1-2H3. The van der Waals surface area contributed by atoms with E-state index >= 15 is 0 Å². The molecule has 0 aliphatic rings. The molecule has 1 aromatic rings. The van der Waals surface area contributed by atoms with Gasteiger partial charge in [-0.3, -0.25) is 25.0 Å². The Morgan fingerprint density at radius 1 is 1.12 bits per heavy atom. The summed E-state index contributed by atoms with van der Waals surface area (Å²) in [7, 11) is 3.38. The fourth-order valence-electron chi connectivity index (χ4n) is 0.720. The number of hydrogen-bond acceptors (Lipinski definition) is 5. The average molecular weight is 241 g/mol. The molecule has 1 aromatic carbocycles. The van der Waals surface area contributed by atoms with Gasteiger partial charge in [-0.2, -0.15) is 0 Å². The van der Waals surface area contributed by atoms with Crippen LogP contribution in [0.2, 0.25) is 0 Å². The molecule has 1 amide bonds. The van der Waals surface area contributed by atoms with Crippen LogP contribution in [0.3, 0.4) is 0 Å². The number of carbonyl (C=O) groups is 1. The lowest BCUT2D eigenvalue weighted by atomic mass is 10.3. The average Bonchev–Trinajstić information content (AvgIpc) is 2.29.